The maximum absolute atomic E-state index is 13.3. The number of ketones is 1. The number of nitrogens with zero attached hydrogens (tertiary/aromatic N) is 2. The lowest BCUT2D eigenvalue weighted by molar-refractivity contribution is -0.139. The van der Waals surface area contributed by atoms with Crippen LogP contribution in [0, 0.1) is 17.2 Å². The van der Waals surface area contributed by atoms with Gasteiger partial charge in [0.15, 0.2) is 5.78 Å². The zero-order valence-electron chi connectivity index (χ0n) is 24.1. The van der Waals surface area contributed by atoms with E-state index < -0.39 is 11.0 Å². The number of phenols is 1. The largest absolute Gasteiger partial charge is 0.507 e. The first-order chi connectivity index (χ1) is 20.8. The average Bonchev–Trinajstić information content (AvgIpc) is 3.83. The Labute approximate surface area is 251 Å². The maximum atomic E-state index is 13.3. The van der Waals surface area contributed by atoms with E-state index in [9.17, 15) is 19.8 Å². The van der Waals surface area contributed by atoms with Crippen LogP contribution in [0.15, 0.2) is 72.8 Å². The Bertz CT molecular complexity index is 1670. The van der Waals surface area contributed by atoms with Gasteiger partial charge in [-0.15, -0.1) is 0 Å². The summed E-state index contributed by atoms with van der Waals surface area (Å²) >= 11 is 0. The minimum Gasteiger partial charge on any atom is -0.507 e. The first kappa shape index (κ1) is 27.6. The molecule has 4 aliphatic rings. The molecule has 218 valence electrons. The van der Waals surface area contributed by atoms with Crippen LogP contribution in [0.3, 0.4) is 0 Å². The van der Waals surface area contributed by atoms with Gasteiger partial charge in [0, 0.05) is 36.5 Å². The van der Waals surface area contributed by atoms with Gasteiger partial charge in [-0.25, -0.2) is 0 Å². The van der Waals surface area contributed by atoms with E-state index in [4.69, 9.17) is 5.26 Å². The van der Waals surface area contributed by atoms with Crippen molar-refractivity contribution in [1.82, 2.24) is 10.2 Å². The van der Waals surface area contributed by atoms with Gasteiger partial charge < -0.3 is 15.5 Å². The molecular formula is C36H35N3O4. The molecule has 1 heterocycles. The Morgan fingerprint density at radius 2 is 1.77 bits per heavy atom. The van der Waals surface area contributed by atoms with Gasteiger partial charge in [-0.2, -0.15) is 5.26 Å². The second-order valence-corrected chi connectivity index (χ2v) is 12.7. The third-order valence-corrected chi connectivity index (χ3v) is 10.1. The fourth-order valence-electron chi connectivity index (χ4n) is 7.66. The van der Waals surface area contributed by atoms with Crippen molar-refractivity contribution >= 4 is 11.7 Å². The first-order valence-corrected chi connectivity index (χ1v) is 15.2. The number of phenolic OH excluding ortho intramolecular Hbond substituents is 1. The molecule has 7 nitrogen and oxygen atoms in total. The number of piperidine rings is 1. The minimum atomic E-state index is -1.28. The van der Waals surface area contributed by atoms with Crippen LogP contribution in [0.2, 0.25) is 0 Å². The Morgan fingerprint density at radius 3 is 2.47 bits per heavy atom. The van der Waals surface area contributed by atoms with Crippen molar-refractivity contribution in [2.45, 2.75) is 55.6 Å². The lowest BCUT2D eigenvalue weighted by Gasteiger charge is -2.61. The van der Waals surface area contributed by atoms with Crippen LogP contribution in [-0.4, -0.2) is 58.1 Å². The molecule has 1 aliphatic heterocycles. The number of likely N-dealkylation sites (tertiary alicyclic amines) is 1. The number of rotatable bonds is 7. The number of fused-ring (bicyclic) bond motifs is 1. The highest BCUT2D eigenvalue weighted by molar-refractivity contribution is 5.98. The lowest BCUT2D eigenvalue weighted by Crippen LogP contribution is -2.72. The molecule has 3 aromatic carbocycles. The molecule has 0 radical (unpaired) electrons. The number of allylic oxidation sites excluding steroid dienone is 1. The predicted molar refractivity (Wildman–Crippen MR) is 163 cm³/mol. The second kappa shape index (κ2) is 10.5. The Kier molecular flexibility index (Phi) is 6.72. The van der Waals surface area contributed by atoms with Gasteiger partial charge in [0.1, 0.15) is 11.4 Å². The molecule has 2 fully saturated rings. The van der Waals surface area contributed by atoms with Crippen molar-refractivity contribution < 1.29 is 19.8 Å². The van der Waals surface area contributed by atoms with Crippen molar-refractivity contribution in [3.8, 4) is 22.9 Å². The molecule has 3 aromatic rings. The molecule has 2 bridgehead atoms. The summed E-state index contributed by atoms with van der Waals surface area (Å²) in [5.41, 5.74) is 3.19. The van der Waals surface area contributed by atoms with Crippen molar-refractivity contribution in [3.63, 3.8) is 0 Å². The summed E-state index contributed by atoms with van der Waals surface area (Å²) in [6, 6.07) is 21.1. The number of aliphatic hydroxyl groups is 1. The van der Waals surface area contributed by atoms with Gasteiger partial charge in [0.2, 0.25) is 0 Å². The molecule has 7 rings (SSSR count). The fraction of sp³-hybridized carbons (Fsp3) is 0.361. The Hall–Kier alpha value is -4.25. The quantitative estimate of drug-likeness (QED) is 0.385. The number of nitriles is 1. The van der Waals surface area contributed by atoms with Gasteiger partial charge in [0.25, 0.3) is 5.91 Å². The molecule has 43 heavy (non-hydrogen) atoms. The summed E-state index contributed by atoms with van der Waals surface area (Å²) in [5, 5.41) is 35.8. The number of carbonyl (C=O) groups excluding carboxylic acids is 2. The number of carbonyl (C=O) groups is 2. The minimum absolute atomic E-state index is 0.0635. The number of hydrogen-bond acceptors (Lipinski definition) is 6. The standard InChI is InChI=1S/C36H35N3O4/c37-21-24-5-9-27(10-6-24)26-7-3-23(4-8-26)14-17-38-34(42)30-12-11-28-19-31-36(43)15-13-29(40)20-35(36,32(28)33(30)41)16-18-39(31)22-25-1-2-25/h3-13,15,25,31,41,43H,1-2,14,16-20,22H2,(H,38,42)/t31?,35?,36-/m1/s1. The first-order valence-electron chi connectivity index (χ1n) is 15.2. The van der Waals surface area contributed by atoms with E-state index in [0.29, 0.717) is 42.9 Å². The average molecular weight is 574 g/mol. The zero-order valence-corrected chi connectivity index (χ0v) is 24.1. The zero-order chi connectivity index (χ0) is 29.8. The van der Waals surface area contributed by atoms with Crippen molar-refractivity contribution in [2.75, 3.05) is 19.6 Å². The van der Waals surface area contributed by atoms with Gasteiger partial charge in [-0.05, 0) is 97.2 Å². The summed E-state index contributed by atoms with van der Waals surface area (Å²) in [6.07, 6.45) is 7.47. The summed E-state index contributed by atoms with van der Waals surface area (Å²) in [7, 11) is 0. The third kappa shape index (κ3) is 4.66. The SMILES string of the molecule is N#Cc1ccc(-c2ccc(CCNC(=O)c3ccc4c(c3O)C35CCN(CC6CC6)C(C4)[C@]3(O)C=CC(=O)C5)cc2)cc1. The monoisotopic (exact) mass is 573 g/mol. The van der Waals surface area contributed by atoms with E-state index >= 15 is 0 Å². The maximum Gasteiger partial charge on any atom is 0.255 e. The van der Waals surface area contributed by atoms with Crippen LogP contribution in [0.5, 0.6) is 5.75 Å². The summed E-state index contributed by atoms with van der Waals surface area (Å²) < 4.78 is 0. The van der Waals surface area contributed by atoms with Gasteiger partial charge >= 0.3 is 0 Å². The topological polar surface area (TPSA) is 114 Å². The third-order valence-electron chi connectivity index (χ3n) is 10.1. The fourth-order valence-corrected chi connectivity index (χ4v) is 7.66. The molecule has 3 aliphatic carbocycles. The molecule has 1 amide bonds. The molecule has 2 unspecified atom stereocenters. The highest BCUT2D eigenvalue weighted by Crippen LogP contribution is 2.58. The molecule has 0 aromatic heterocycles. The van der Waals surface area contributed by atoms with Gasteiger partial charge in [-0.1, -0.05) is 42.5 Å². The highest BCUT2D eigenvalue weighted by Gasteiger charge is 2.64. The second-order valence-electron chi connectivity index (χ2n) is 12.7. The summed E-state index contributed by atoms with van der Waals surface area (Å²) in [4.78, 5) is 28.5. The van der Waals surface area contributed by atoms with E-state index in [1.165, 1.54) is 18.9 Å². The number of nitrogens with one attached hydrogen (secondary N) is 1. The number of hydrogen-bond donors (Lipinski definition) is 3. The highest BCUT2D eigenvalue weighted by atomic mass is 16.3. The number of benzene rings is 3. The van der Waals surface area contributed by atoms with Crippen molar-refractivity contribution in [1.29, 1.82) is 5.26 Å². The molecule has 3 N–H and O–H groups in total. The van der Waals surface area contributed by atoms with Crippen LogP contribution in [0.4, 0.5) is 0 Å². The molecule has 1 saturated carbocycles. The van der Waals surface area contributed by atoms with E-state index in [0.717, 1.165) is 35.3 Å². The van der Waals surface area contributed by atoms with Crippen LogP contribution < -0.4 is 5.32 Å². The van der Waals surface area contributed by atoms with E-state index in [2.05, 4.69) is 16.3 Å². The van der Waals surface area contributed by atoms with E-state index in [1.54, 1.807) is 24.3 Å². The van der Waals surface area contributed by atoms with Crippen LogP contribution in [-0.2, 0) is 23.1 Å². The molecule has 3 atom stereocenters. The molecule has 0 spiro atoms. The lowest BCUT2D eigenvalue weighted by atomic mass is 9.51. The van der Waals surface area contributed by atoms with E-state index in [-0.39, 0.29) is 35.5 Å². The van der Waals surface area contributed by atoms with Crippen molar-refractivity contribution in [2.24, 2.45) is 5.92 Å². The normalized spacial score (nSPS) is 25.9. The van der Waals surface area contributed by atoms with Crippen LogP contribution >= 0.6 is 0 Å². The molecule has 1 saturated heterocycles. The summed E-state index contributed by atoms with van der Waals surface area (Å²) in [6.45, 7) is 2.09. The van der Waals surface area contributed by atoms with Crippen LogP contribution in [0.1, 0.15) is 58.3 Å². The van der Waals surface area contributed by atoms with Gasteiger partial charge in [-0.3, -0.25) is 14.5 Å². The van der Waals surface area contributed by atoms with Crippen LogP contribution in [0.25, 0.3) is 11.1 Å². The molecule has 7 heteroatoms. The summed E-state index contributed by atoms with van der Waals surface area (Å²) in [5.74, 6) is 0.121. The predicted octanol–water partition coefficient (Wildman–Crippen LogP) is 4.44. The van der Waals surface area contributed by atoms with Crippen molar-refractivity contribution in [3.05, 3.63) is 101 Å². The Morgan fingerprint density at radius 1 is 1.05 bits per heavy atom. The Balaban J connectivity index is 1.09. The molecular weight excluding hydrogens is 538 g/mol. The smallest absolute Gasteiger partial charge is 0.255 e. The number of aromatic hydroxyl groups is 1. The number of amides is 1. The van der Waals surface area contributed by atoms with E-state index in [1.807, 2.05) is 42.5 Å². The van der Waals surface area contributed by atoms with Gasteiger partial charge in [0.05, 0.1) is 17.2 Å².